The van der Waals surface area contributed by atoms with Crippen molar-refractivity contribution in [3.8, 4) is 0 Å². The summed E-state index contributed by atoms with van der Waals surface area (Å²) >= 11 is 0. The number of piperazine rings is 1. The second-order valence-electron chi connectivity index (χ2n) is 8.63. The number of nitro benzene ring substituents is 1. The van der Waals surface area contributed by atoms with E-state index in [1.165, 1.54) is 35.7 Å². The molecule has 1 aliphatic heterocycles. The lowest BCUT2D eigenvalue weighted by Gasteiger charge is -2.35. The molecular formula is C20H27N3O5S. The molecule has 0 radical (unpaired) electrons. The number of fused-ring (bicyclic) bond motifs is 2. The topological polar surface area (TPSA) is 101 Å². The highest BCUT2D eigenvalue weighted by molar-refractivity contribution is 7.89. The van der Waals surface area contributed by atoms with Crippen molar-refractivity contribution in [2.45, 2.75) is 43.9 Å². The van der Waals surface area contributed by atoms with Crippen LogP contribution in [0.15, 0.2) is 23.1 Å². The molecule has 8 nitrogen and oxygen atoms in total. The Kier molecular flexibility index (Phi) is 5.37. The van der Waals surface area contributed by atoms with Crippen molar-refractivity contribution in [1.82, 2.24) is 9.21 Å². The van der Waals surface area contributed by atoms with Crippen LogP contribution in [0.3, 0.4) is 0 Å². The van der Waals surface area contributed by atoms with Crippen molar-refractivity contribution in [2.75, 3.05) is 26.2 Å². The molecule has 9 heteroatoms. The predicted molar refractivity (Wildman–Crippen MR) is 107 cm³/mol. The first-order valence-electron chi connectivity index (χ1n) is 10.3. The van der Waals surface area contributed by atoms with Gasteiger partial charge in [-0.3, -0.25) is 14.9 Å². The summed E-state index contributed by atoms with van der Waals surface area (Å²) in [7, 11) is -3.84. The van der Waals surface area contributed by atoms with Gasteiger partial charge in [0.2, 0.25) is 15.9 Å². The Labute approximate surface area is 171 Å². The van der Waals surface area contributed by atoms with Crippen LogP contribution < -0.4 is 0 Å². The Morgan fingerprint density at radius 1 is 1.17 bits per heavy atom. The highest BCUT2D eigenvalue weighted by atomic mass is 32.2. The van der Waals surface area contributed by atoms with E-state index in [4.69, 9.17) is 0 Å². The first-order chi connectivity index (χ1) is 13.8. The van der Waals surface area contributed by atoms with E-state index in [1.54, 1.807) is 11.8 Å². The van der Waals surface area contributed by atoms with Gasteiger partial charge in [0.25, 0.3) is 5.69 Å². The number of non-ortho nitro benzene ring substituents is 1. The molecule has 1 amide bonds. The summed E-state index contributed by atoms with van der Waals surface area (Å²) in [5, 5.41) is 11.0. The Morgan fingerprint density at radius 3 is 2.48 bits per heavy atom. The molecule has 158 valence electrons. The third kappa shape index (κ3) is 3.90. The van der Waals surface area contributed by atoms with Gasteiger partial charge >= 0.3 is 0 Å². The minimum absolute atomic E-state index is 0.0338. The standard InChI is InChI=1S/C20H27N3O5S/c1-14-2-5-18(23(25)26)13-19(14)29(27,28)22-8-6-21(7-9-22)20(24)12-17-11-15-3-4-16(17)10-15/h2,5,13,15-17H,3-4,6-12H2,1H3/t15-,16+,17-/m0/s1. The van der Waals surface area contributed by atoms with Crippen LogP contribution in [0.25, 0.3) is 0 Å². The van der Waals surface area contributed by atoms with Gasteiger partial charge < -0.3 is 4.90 Å². The fourth-order valence-electron chi connectivity index (χ4n) is 5.28. The van der Waals surface area contributed by atoms with E-state index in [0.717, 1.165) is 18.4 Å². The van der Waals surface area contributed by atoms with Gasteiger partial charge in [0.1, 0.15) is 0 Å². The lowest BCUT2D eigenvalue weighted by atomic mass is 9.86. The van der Waals surface area contributed by atoms with Crippen molar-refractivity contribution in [3.63, 3.8) is 0 Å². The van der Waals surface area contributed by atoms with Gasteiger partial charge in [-0.05, 0) is 49.5 Å². The summed E-state index contributed by atoms with van der Waals surface area (Å²) in [6, 6.07) is 3.89. The molecule has 0 unspecified atom stereocenters. The van der Waals surface area contributed by atoms with Crippen LogP contribution >= 0.6 is 0 Å². The van der Waals surface area contributed by atoms with E-state index in [2.05, 4.69) is 0 Å². The third-order valence-electron chi connectivity index (χ3n) is 6.91. The summed E-state index contributed by atoms with van der Waals surface area (Å²) in [5.74, 6) is 2.13. The summed E-state index contributed by atoms with van der Waals surface area (Å²) < 4.78 is 27.4. The second kappa shape index (κ2) is 7.68. The molecule has 2 bridgehead atoms. The number of aryl methyl sites for hydroxylation is 1. The maximum Gasteiger partial charge on any atom is 0.270 e. The van der Waals surface area contributed by atoms with Crippen molar-refractivity contribution in [1.29, 1.82) is 0 Å². The number of carbonyl (C=O) groups excluding carboxylic acids is 1. The van der Waals surface area contributed by atoms with E-state index >= 15 is 0 Å². The lowest BCUT2D eigenvalue weighted by molar-refractivity contribution is -0.385. The minimum Gasteiger partial charge on any atom is -0.340 e. The van der Waals surface area contributed by atoms with Gasteiger partial charge in [-0.2, -0.15) is 4.31 Å². The molecule has 1 aromatic carbocycles. The number of rotatable bonds is 5. The molecular weight excluding hydrogens is 394 g/mol. The highest BCUT2D eigenvalue weighted by Gasteiger charge is 2.41. The third-order valence-corrected chi connectivity index (χ3v) is 8.95. The van der Waals surface area contributed by atoms with Crippen LogP contribution in [-0.4, -0.2) is 54.6 Å². The molecule has 29 heavy (non-hydrogen) atoms. The number of amides is 1. The minimum atomic E-state index is -3.84. The van der Waals surface area contributed by atoms with Gasteiger partial charge in [0, 0.05) is 44.7 Å². The largest absolute Gasteiger partial charge is 0.340 e. The van der Waals surface area contributed by atoms with Gasteiger partial charge in [0.15, 0.2) is 0 Å². The zero-order valence-electron chi connectivity index (χ0n) is 16.6. The lowest BCUT2D eigenvalue weighted by Crippen LogP contribution is -2.50. The molecule has 1 aromatic rings. The summed E-state index contributed by atoms with van der Waals surface area (Å²) in [6.07, 6.45) is 5.57. The normalized spacial score (nSPS) is 27.3. The maximum absolute atomic E-state index is 13.0. The molecule has 1 heterocycles. The van der Waals surface area contributed by atoms with Crippen LogP contribution in [0.1, 0.15) is 37.7 Å². The first-order valence-corrected chi connectivity index (χ1v) is 11.7. The SMILES string of the molecule is Cc1ccc([N+](=O)[O-])cc1S(=O)(=O)N1CCN(C(=O)C[C@@H]2C[C@H]3CC[C@@H]2C3)CC1. The number of sulfonamides is 1. The number of hydrogen-bond donors (Lipinski definition) is 0. The fourth-order valence-corrected chi connectivity index (χ4v) is 6.94. The van der Waals surface area contributed by atoms with Crippen molar-refractivity contribution >= 4 is 21.6 Å². The molecule has 3 atom stereocenters. The Balaban J connectivity index is 1.39. The molecule has 1 saturated heterocycles. The Morgan fingerprint density at radius 2 is 1.90 bits per heavy atom. The quantitative estimate of drug-likeness (QED) is 0.537. The Bertz CT molecular complexity index is 924. The zero-order chi connectivity index (χ0) is 20.8. The summed E-state index contributed by atoms with van der Waals surface area (Å²) in [4.78, 5) is 24.9. The fraction of sp³-hybridized carbons (Fsp3) is 0.650. The van der Waals surface area contributed by atoms with E-state index in [0.29, 0.717) is 36.9 Å². The van der Waals surface area contributed by atoms with E-state index in [-0.39, 0.29) is 29.6 Å². The van der Waals surface area contributed by atoms with Crippen LogP contribution in [0.2, 0.25) is 0 Å². The van der Waals surface area contributed by atoms with Gasteiger partial charge in [0.05, 0.1) is 9.82 Å². The molecule has 0 N–H and O–H groups in total. The van der Waals surface area contributed by atoms with Gasteiger partial charge in [-0.15, -0.1) is 0 Å². The van der Waals surface area contributed by atoms with Crippen molar-refractivity contribution in [2.24, 2.45) is 17.8 Å². The van der Waals surface area contributed by atoms with Gasteiger partial charge in [-0.25, -0.2) is 8.42 Å². The van der Waals surface area contributed by atoms with E-state index in [9.17, 15) is 23.3 Å². The number of nitrogens with zero attached hydrogens (tertiary/aromatic N) is 3. The number of nitro groups is 1. The van der Waals surface area contributed by atoms with E-state index in [1.807, 2.05) is 0 Å². The average Bonchev–Trinajstić information content (AvgIpc) is 3.31. The monoisotopic (exact) mass is 421 g/mol. The molecule has 2 aliphatic carbocycles. The molecule has 4 rings (SSSR count). The zero-order valence-corrected chi connectivity index (χ0v) is 17.4. The molecule has 3 aliphatic rings. The van der Waals surface area contributed by atoms with Crippen LogP contribution in [0.5, 0.6) is 0 Å². The number of hydrogen-bond acceptors (Lipinski definition) is 5. The smallest absolute Gasteiger partial charge is 0.270 e. The number of carbonyl (C=O) groups is 1. The first kappa shape index (κ1) is 20.3. The average molecular weight is 422 g/mol. The van der Waals surface area contributed by atoms with Crippen LogP contribution in [-0.2, 0) is 14.8 Å². The van der Waals surface area contributed by atoms with E-state index < -0.39 is 14.9 Å². The Hall–Kier alpha value is -2.00. The van der Waals surface area contributed by atoms with Crippen LogP contribution in [0, 0.1) is 34.8 Å². The number of benzene rings is 1. The summed E-state index contributed by atoms with van der Waals surface area (Å²) in [5.41, 5.74) is 0.235. The molecule has 2 saturated carbocycles. The second-order valence-corrected chi connectivity index (χ2v) is 10.5. The molecule has 3 fully saturated rings. The maximum atomic E-state index is 13.0. The van der Waals surface area contributed by atoms with Crippen LogP contribution in [0.4, 0.5) is 5.69 Å². The molecule has 0 spiro atoms. The van der Waals surface area contributed by atoms with Gasteiger partial charge in [-0.1, -0.05) is 12.5 Å². The summed E-state index contributed by atoms with van der Waals surface area (Å²) in [6.45, 7) is 2.80. The predicted octanol–water partition coefficient (Wildman–Crippen LogP) is 2.56. The van der Waals surface area contributed by atoms with Crippen molar-refractivity contribution < 1.29 is 18.1 Å². The highest BCUT2D eigenvalue weighted by Crippen LogP contribution is 2.49. The molecule has 0 aromatic heterocycles. The van der Waals surface area contributed by atoms with Crippen molar-refractivity contribution in [3.05, 3.63) is 33.9 Å².